The fourth-order valence-electron chi connectivity index (χ4n) is 2.78. The number of H-pyrrole nitrogens is 1. The Hall–Kier alpha value is -2.54. The van der Waals surface area contributed by atoms with Gasteiger partial charge >= 0.3 is 0 Å². The van der Waals surface area contributed by atoms with E-state index in [0.29, 0.717) is 11.6 Å². The maximum Gasteiger partial charge on any atom is 0.273 e. The number of aromatic amines is 1. The van der Waals surface area contributed by atoms with Crippen molar-refractivity contribution in [3.63, 3.8) is 0 Å². The fourth-order valence-corrected chi connectivity index (χ4v) is 2.78. The minimum atomic E-state index is -0.241. The van der Waals surface area contributed by atoms with Crippen molar-refractivity contribution in [2.24, 2.45) is 0 Å². The van der Waals surface area contributed by atoms with Crippen LogP contribution in [-0.4, -0.2) is 61.3 Å². The molecular formula is C17H23N5O2. The number of nitrogens with one attached hydrogen (secondary N) is 2. The minimum Gasteiger partial charge on any atom is -0.480 e. The van der Waals surface area contributed by atoms with E-state index in [1.165, 1.54) is 12.8 Å². The Morgan fingerprint density at radius 2 is 2.00 bits per heavy atom. The zero-order valence-corrected chi connectivity index (χ0v) is 14.1. The summed E-state index contributed by atoms with van der Waals surface area (Å²) in [7, 11) is 3.67. The molecule has 1 aliphatic rings. The van der Waals surface area contributed by atoms with Crippen LogP contribution in [0.4, 0.5) is 11.4 Å². The Morgan fingerprint density at radius 3 is 2.71 bits per heavy atom. The van der Waals surface area contributed by atoms with E-state index < -0.39 is 0 Å². The molecule has 0 atom stereocenters. The van der Waals surface area contributed by atoms with Crippen LogP contribution in [0.5, 0.6) is 5.88 Å². The van der Waals surface area contributed by atoms with Gasteiger partial charge in [-0.3, -0.25) is 9.89 Å². The summed E-state index contributed by atoms with van der Waals surface area (Å²) in [5, 5.41) is 9.37. The predicted molar refractivity (Wildman–Crippen MR) is 93.9 cm³/mol. The Labute approximate surface area is 141 Å². The van der Waals surface area contributed by atoms with Crippen molar-refractivity contribution in [2.75, 3.05) is 50.6 Å². The average molecular weight is 329 g/mol. The summed E-state index contributed by atoms with van der Waals surface area (Å²) in [5.74, 6) is 0.150. The number of ether oxygens (including phenoxy) is 1. The maximum atomic E-state index is 12.2. The highest BCUT2D eigenvalue weighted by Gasteiger charge is 2.13. The number of carbonyl (C=O) groups excluding carboxylic acids is 1. The van der Waals surface area contributed by atoms with Gasteiger partial charge in [-0.2, -0.15) is 0 Å². The van der Waals surface area contributed by atoms with Crippen LogP contribution < -0.4 is 15.0 Å². The molecule has 0 spiro atoms. The van der Waals surface area contributed by atoms with Gasteiger partial charge in [-0.15, -0.1) is 5.10 Å². The van der Waals surface area contributed by atoms with Crippen molar-refractivity contribution in [3.05, 3.63) is 36.0 Å². The molecule has 0 bridgehead atoms. The van der Waals surface area contributed by atoms with E-state index in [1.54, 1.807) is 6.07 Å². The molecule has 2 aromatic rings. The summed E-state index contributed by atoms with van der Waals surface area (Å²) in [4.78, 5) is 16.9. The number of hydrogen-bond donors (Lipinski definition) is 2. The number of carbonyl (C=O) groups is 1. The van der Waals surface area contributed by atoms with E-state index in [0.717, 1.165) is 38.3 Å². The second-order valence-electron chi connectivity index (χ2n) is 5.97. The first kappa shape index (κ1) is 16.3. The quantitative estimate of drug-likeness (QED) is 0.895. The molecule has 7 nitrogen and oxygen atoms in total. The number of rotatable bonds is 4. The molecule has 0 unspecified atom stereocenters. The summed E-state index contributed by atoms with van der Waals surface area (Å²) in [6, 6.07) is 9.52. The van der Waals surface area contributed by atoms with Gasteiger partial charge in [-0.05, 0) is 44.3 Å². The van der Waals surface area contributed by atoms with Gasteiger partial charge in [0.2, 0.25) is 5.88 Å². The summed E-state index contributed by atoms with van der Waals surface area (Å²) in [6.07, 6.45) is 1.16. The van der Waals surface area contributed by atoms with Crippen molar-refractivity contribution in [1.82, 2.24) is 15.1 Å². The van der Waals surface area contributed by atoms with Gasteiger partial charge < -0.3 is 19.9 Å². The highest BCUT2D eigenvalue weighted by atomic mass is 16.5. The molecule has 2 N–H and O–H groups in total. The van der Waals surface area contributed by atoms with E-state index in [4.69, 9.17) is 4.74 Å². The molecule has 1 aliphatic heterocycles. The molecule has 1 saturated heterocycles. The lowest BCUT2D eigenvalue weighted by Crippen LogP contribution is -2.28. The van der Waals surface area contributed by atoms with Crippen molar-refractivity contribution >= 4 is 17.3 Å². The van der Waals surface area contributed by atoms with Crippen LogP contribution in [0, 0.1) is 0 Å². The third-order valence-corrected chi connectivity index (χ3v) is 4.22. The van der Waals surface area contributed by atoms with Crippen LogP contribution in [0.3, 0.4) is 0 Å². The van der Waals surface area contributed by atoms with E-state index in [9.17, 15) is 4.79 Å². The zero-order chi connectivity index (χ0) is 16.9. The lowest BCUT2D eigenvalue weighted by Gasteiger charge is -2.23. The Morgan fingerprint density at radius 1 is 1.21 bits per heavy atom. The average Bonchev–Trinajstić information content (AvgIpc) is 2.98. The number of methoxy groups -OCH3 is 1. The number of likely N-dealkylation sites (N-methyl/N-ethyl adjacent to an activating group) is 1. The third-order valence-electron chi connectivity index (χ3n) is 4.22. The number of anilines is 2. The second kappa shape index (κ2) is 7.35. The molecule has 0 aliphatic carbocycles. The van der Waals surface area contributed by atoms with Gasteiger partial charge in [-0.1, -0.05) is 0 Å². The van der Waals surface area contributed by atoms with E-state index in [1.807, 2.05) is 12.1 Å². The topological polar surface area (TPSA) is 73.5 Å². The van der Waals surface area contributed by atoms with E-state index in [2.05, 4.69) is 44.5 Å². The number of aromatic nitrogens is 2. The van der Waals surface area contributed by atoms with Crippen molar-refractivity contribution in [1.29, 1.82) is 0 Å². The van der Waals surface area contributed by atoms with Crippen LogP contribution in [0.25, 0.3) is 0 Å². The molecule has 0 saturated carbocycles. The molecule has 1 aromatic carbocycles. The number of hydrogen-bond acceptors (Lipinski definition) is 5. The van der Waals surface area contributed by atoms with Crippen molar-refractivity contribution in [3.8, 4) is 5.88 Å². The van der Waals surface area contributed by atoms with E-state index in [-0.39, 0.29) is 5.91 Å². The Balaban J connectivity index is 1.62. The van der Waals surface area contributed by atoms with Gasteiger partial charge in [0.25, 0.3) is 5.91 Å². The first-order chi connectivity index (χ1) is 11.7. The van der Waals surface area contributed by atoms with Crippen LogP contribution in [0.1, 0.15) is 16.9 Å². The fraction of sp³-hybridized carbons (Fsp3) is 0.412. The van der Waals surface area contributed by atoms with Crippen LogP contribution in [-0.2, 0) is 0 Å². The molecule has 1 amide bonds. The largest absolute Gasteiger partial charge is 0.480 e. The number of nitrogens with zero attached hydrogens (tertiary/aromatic N) is 3. The first-order valence-electron chi connectivity index (χ1n) is 8.10. The van der Waals surface area contributed by atoms with Crippen LogP contribution in [0.15, 0.2) is 30.3 Å². The standard InChI is InChI=1S/C17H23N5O2/c1-21-8-3-9-22(11-10-21)14-6-4-13(5-7-14)18-17(23)15-12-16(24-2)20-19-15/h4-7,12H,3,8-11H2,1-2H3,(H,18,23)(H,19,20). The maximum absolute atomic E-state index is 12.2. The highest BCUT2D eigenvalue weighted by Crippen LogP contribution is 2.20. The normalized spacial score (nSPS) is 15.8. The van der Waals surface area contributed by atoms with Gasteiger partial charge in [0.15, 0.2) is 0 Å². The molecule has 7 heteroatoms. The van der Waals surface area contributed by atoms with Crippen molar-refractivity contribution < 1.29 is 9.53 Å². The SMILES string of the molecule is COc1cc(C(=O)Nc2ccc(N3CCCN(C)CC3)cc2)[nH]n1. The predicted octanol–water partition coefficient (Wildman–Crippen LogP) is 1.81. The minimum absolute atomic E-state index is 0.241. The molecule has 1 aromatic heterocycles. The molecule has 128 valence electrons. The first-order valence-corrected chi connectivity index (χ1v) is 8.10. The molecule has 1 fully saturated rings. The van der Waals surface area contributed by atoms with Crippen LogP contribution in [0.2, 0.25) is 0 Å². The number of benzene rings is 1. The second-order valence-corrected chi connectivity index (χ2v) is 5.97. The third kappa shape index (κ3) is 3.86. The smallest absolute Gasteiger partial charge is 0.273 e. The van der Waals surface area contributed by atoms with Gasteiger partial charge in [0.05, 0.1) is 7.11 Å². The summed E-state index contributed by atoms with van der Waals surface area (Å²) in [5.41, 5.74) is 2.31. The number of amides is 1. The summed E-state index contributed by atoms with van der Waals surface area (Å²) >= 11 is 0. The molecule has 0 radical (unpaired) electrons. The highest BCUT2D eigenvalue weighted by molar-refractivity contribution is 6.03. The summed E-state index contributed by atoms with van der Waals surface area (Å²) < 4.78 is 4.96. The van der Waals surface area contributed by atoms with Gasteiger partial charge in [-0.25, -0.2) is 0 Å². The molecule has 2 heterocycles. The van der Waals surface area contributed by atoms with Crippen molar-refractivity contribution in [2.45, 2.75) is 6.42 Å². The zero-order valence-electron chi connectivity index (χ0n) is 14.1. The Kier molecular flexibility index (Phi) is 5.00. The van der Waals surface area contributed by atoms with Gasteiger partial charge in [0.1, 0.15) is 5.69 Å². The molecule has 24 heavy (non-hydrogen) atoms. The van der Waals surface area contributed by atoms with Gasteiger partial charge in [0, 0.05) is 37.1 Å². The summed E-state index contributed by atoms with van der Waals surface area (Å²) in [6.45, 7) is 4.29. The molecule has 3 rings (SSSR count). The van der Waals surface area contributed by atoms with E-state index >= 15 is 0 Å². The van der Waals surface area contributed by atoms with Crippen LogP contribution >= 0.6 is 0 Å². The lowest BCUT2D eigenvalue weighted by atomic mass is 10.2. The molecular weight excluding hydrogens is 306 g/mol. The monoisotopic (exact) mass is 329 g/mol. The lowest BCUT2D eigenvalue weighted by molar-refractivity contribution is 0.102. The Bertz CT molecular complexity index is 683.